The molecular formula is C14H17FN2O3. The summed E-state index contributed by atoms with van der Waals surface area (Å²) in [5.74, 6) is -1.37. The van der Waals surface area contributed by atoms with Crippen LogP contribution in [-0.4, -0.2) is 49.1 Å². The molecule has 0 bridgehead atoms. The first kappa shape index (κ1) is 14.5. The second kappa shape index (κ2) is 6.47. The average molecular weight is 280 g/mol. The Kier molecular flexibility index (Phi) is 4.68. The number of halogens is 1. The molecule has 0 unspecified atom stereocenters. The van der Waals surface area contributed by atoms with Gasteiger partial charge in [-0.05, 0) is 19.1 Å². The van der Waals surface area contributed by atoms with Crippen molar-refractivity contribution in [3.05, 3.63) is 35.6 Å². The normalized spacial score (nSPS) is 16.6. The Labute approximate surface area is 116 Å². The van der Waals surface area contributed by atoms with E-state index in [0.717, 1.165) is 0 Å². The molecule has 1 saturated heterocycles. The Hall–Kier alpha value is -1.95. The molecule has 1 aromatic carbocycles. The molecule has 1 heterocycles. The molecule has 0 saturated carbocycles. The van der Waals surface area contributed by atoms with Crippen molar-refractivity contribution in [2.24, 2.45) is 0 Å². The second-order valence-electron chi connectivity index (χ2n) is 4.61. The number of rotatable bonds is 3. The second-order valence-corrected chi connectivity index (χ2v) is 4.61. The largest absolute Gasteiger partial charge is 0.378 e. The van der Waals surface area contributed by atoms with Crippen LogP contribution in [0, 0.1) is 5.82 Å². The third-order valence-electron chi connectivity index (χ3n) is 3.16. The molecule has 2 rings (SSSR count). The summed E-state index contributed by atoms with van der Waals surface area (Å²) in [6.45, 7) is 3.62. The van der Waals surface area contributed by atoms with Crippen molar-refractivity contribution in [2.45, 2.75) is 13.0 Å². The number of nitrogens with zero attached hydrogens (tertiary/aromatic N) is 1. The van der Waals surface area contributed by atoms with Crippen LogP contribution in [0.4, 0.5) is 4.39 Å². The summed E-state index contributed by atoms with van der Waals surface area (Å²) in [7, 11) is 0. The van der Waals surface area contributed by atoms with Crippen molar-refractivity contribution in [3.8, 4) is 0 Å². The predicted octanol–water partition coefficient (Wildman–Crippen LogP) is 0.803. The van der Waals surface area contributed by atoms with E-state index in [2.05, 4.69) is 5.32 Å². The fourth-order valence-electron chi connectivity index (χ4n) is 2.04. The van der Waals surface area contributed by atoms with Gasteiger partial charge in [0.1, 0.15) is 11.9 Å². The number of hydrogen-bond acceptors (Lipinski definition) is 3. The van der Waals surface area contributed by atoms with E-state index in [9.17, 15) is 14.0 Å². The Morgan fingerprint density at radius 2 is 1.95 bits per heavy atom. The summed E-state index contributed by atoms with van der Waals surface area (Å²) in [6.07, 6.45) is 0. The van der Waals surface area contributed by atoms with Gasteiger partial charge in [0.15, 0.2) is 0 Å². The zero-order chi connectivity index (χ0) is 14.5. The monoisotopic (exact) mass is 280 g/mol. The maximum atomic E-state index is 13.5. The maximum Gasteiger partial charge on any atom is 0.254 e. The van der Waals surface area contributed by atoms with E-state index in [1.54, 1.807) is 17.9 Å². The van der Waals surface area contributed by atoms with Crippen molar-refractivity contribution in [2.75, 3.05) is 26.3 Å². The number of benzene rings is 1. The smallest absolute Gasteiger partial charge is 0.254 e. The van der Waals surface area contributed by atoms with Gasteiger partial charge >= 0.3 is 0 Å². The number of ether oxygens (including phenoxy) is 1. The minimum Gasteiger partial charge on any atom is -0.378 e. The summed E-state index contributed by atoms with van der Waals surface area (Å²) in [4.78, 5) is 25.7. The van der Waals surface area contributed by atoms with E-state index < -0.39 is 17.8 Å². The molecule has 1 aliphatic heterocycles. The summed E-state index contributed by atoms with van der Waals surface area (Å²) >= 11 is 0. The average Bonchev–Trinajstić information content (AvgIpc) is 2.47. The number of amides is 2. The van der Waals surface area contributed by atoms with Crippen molar-refractivity contribution in [1.82, 2.24) is 10.2 Å². The fourth-order valence-corrected chi connectivity index (χ4v) is 2.04. The van der Waals surface area contributed by atoms with Gasteiger partial charge in [0, 0.05) is 13.1 Å². The molecule has 2 amide bonds. The first-order valence-electron chi connectivity index (χ1n) is 6.51. The lowest BCUT2D eigenvalue weighted by molar-refractivity contribution is -0.136. The number of hydrogen-bond donors (Lipinski definition) is 1. The van der Waals surface area contributed by atoms with Crippen LogP contribution in [0.5, 0.6) is 0 Å². The lowest BCUT2D eigenvalue weighted by Gasteiger charge is -2.29. The molecule has 1 fully saturated rings. The van der Waals surface area contributed by atoms with Gasteiger partial charge in [0.25, 0.3) is 5.91 Å². The van der Waals surface area contributed by atoms with Crippen LogP contribution in [0.25, 0.3) is 0 Å². The van der Waals surface area contributed by atoms with Gasteiger partial charge in [-0.15, -0.1) is 0 Å². The highest BCUT2D eigenvalue weighted by atomic mass is 19.1. The standard InChI is InChI=1S/C14H17FN2O3/c1-10(14(19)17-6-8-20-9-7-17)16-13(18)11-4-2-3-5-12(11)15/h2-5,10H,6-9H2,1H3,(H,16,18)/t10-/m0/s1. The molecule has 0 spiro atoms. The van der Waals surface area contributed by atoms with E-state index in [1.165, 1.54) is 18.2 Å². The molecule has 0 radical (unpaired) electrons. The third-order valence-corrected chi connectivity index (χ3v) is 3.16. The van der Waals surface area contributed by atoms with Crippen molar-refractivity contribution in [1.29, 1.82) is 0 Å². The van der Waals surface area contributed by atoms with Crippen molar-refractivity contribution >= 4 is 11.8 Å². The minimum absolute atomic E-state index is 0.0610. The fraction of sp³-hybridized carbons (Fsp3) is 0.429. The molecule has 1 aliphatic rings. The zero-order valence-electron chi connectivity index (χ0n) is 11.3. The van der Waals surface area contributed by atoms with Crippen LogP contribution < -0.4 is 5.32 Å². The van der Waals surface area contributed by atoms with Gasteiger partial charge in [-0.25, -0.2) is 4.39 Å². The molecule has 6 heteroatoms. The van der Waals surface area contributed by atoms with E-state index in [0.29, 0.717) is 26.3 Å². The van der Waals surface area contributed by atoms with Crippen LogP contribution in [0.15, 0.2) is 24.3 Å². The number of morpholine rings is 1. The van der Waals surface area contributed by atoms with Gasteiger partial charge in [-0.1, -0.05) is 12.1 Å². The summed E-state index contributed by atoms with van der Waals surface area (Å²) in [5, 5.41) is 2.52. The highest BCUT2D eigenvalue weighted by Crippen LogP contribution is 2.07. The molecule has 1 N–H and O–H groups in total. The summed E-state index contributed by atoms with van der Waals surface area (Å²) in [5.41, 5.74) is -0.0610. The summed E-state index contributed by atoms with van der Waals surface area (Å²) in [6, 6.07) is 4.99. The Morgan fingerprint density at radius 3 is 2.60 bits per heavy atom. The van der Waals surface area contributed by atoms with Crippen LogP contribution >= 0.6 is 0 Å². The van der Waals surface area contributed by atoms with E-state index >= 15 is 0 Å². The number of carbonyl (C=O) groups excluding carboxylic acids is 2. The highest BCUT2D eigenvalue weighted by Gasteiger charge is 2.24. The summed E-state index contributed by atoms with van der Waals surface area (Å²) < 4.78 is 18.6. The lowest BCUT2D eigenvalue weighted by atomic mass is 10.2. The van der Waals surface area contributed by atoms with E-state index in [1.807, 2.05) is 0 Å². The first-order valence-corrected chi connectivity index (χ1v) is 6.51. The van der Waals surface area contributed by atoms with E-state index in [4.69, 9.17) is 4.74 Å². The minimum atomic E-state index is -0.694. The van der Waals surface area contributed by atoms with E-state index in [-0.39, 0.29) is 11.5 Å². The Balaban J connectivity index is 1.97. The maximum absolute atomic E-state index is 13.5. The molecule has 20 heavy (non-hydrogen) atoms. The third kappa shape index (κ3) is 3.33. The molecule has 1 atom stereocenters. The van der Waals surface area contributed by atoms with Gasteiger partial charge in [-0.3, -0.25) is 9.59 Å². The zero-order valence-corrected chi connectivity index (χ0v) is 11.3. The first-order chi connectivity index (χ1) is 9.59. The Bertz CT molecular complexity index is 501. The number of nitrogens with one attached hydrogen (secondary N) is 1. The topological polar surface area (TPSA) is 58.6 Å². The highest BCUT2D eigenvalue weighted by molar-refractivity contribution is 5.97. The number of carbonyl (C=O) groups is 2. The van der Waals surface area contributed by atoms with Gasteiger partial charge in [0.05, 0.1) is 18.8 Å². The van der Waals surface area contributed by atoms with Crippen LogP contribution in [0.2, 0.25) is 0 Å². The van der Waals surface area contributed by atoms with Crippen LogP contribution in [0.1, 0.15) is 17.3 Å². The molecule has 0 aliphatic carbocycles. The quantitative estimate of drug-likeness (QED) is 0.891. The SMILES string of the molecule is C[C@H](NC(=O)c1ccccc1F)C(=O)N1CCOCC1. The Morgan fingerprint density at radius 1 is 1.30 bits per heavy atom. The lowest BCUT2D eigenvalue weighted by Crippen LogP contribution is -2.50. The molecular weight excluding hydrogens is 263 g/mol. The van der Waals surface area contributed by atoms with Crippen molar-refractivity contribution < 1.29 is 18.7 Å². The van der Waals surface area contributed by atoms with Gasteiger partial charge < -0.3 is 15.0 Å². The predicted molar refractivity (Wildman–Crippen MR) is 70.7 cm³/mol. The van der Waals surface area contributed by atoms with Gasteiger partial charge in [0.2, 0.25) is 5.91 Å². The van der Waals surface area contributed by atoms with Crippen LogP contribution in [-0.2, 0) is 9.53 Å². The van der Waals surface area contributed by atoms with Crippen molar-refractivity contribution in [3.63, 3.8) is 0 Å². The molecule has 0 aromatic heterocycles. The molecule has 5 nitrogen and oxygen atoms in total. The molecule has 1 aromatic rings. The van der Waals surface area contributed by atoms with Gasteiger partial charge in [-0.2, -0.15) is 0 Å². The molecule has 108 valence electrons. The van der Waals surface area contributed by atoms with Crippen LogP contribution in [0.3, 0.4) is 0 Å².